The number of hydrogen-bond donors (Lipinski definition) is 2. The Bertz CT molecular complexity index is 539. The second-order valence-electron chi connectivity index (χ2n) is 5.76. The van der Waals surface area contributed by atoms with E-state index in [9.17, 15) is 0 Å². The zero-order chi connectivity index (χ0) is 16.7. The van der Waals surface area contributed by atoms with Crippen molar-refractivity contribution < 1.29 is 9.47 Å². The minimum absolute atomic E-state index is 0. The summed E-state index contributed by atoms with van der Waals surface area (Å²) in [6.07, 6.45) is 2.52. The summed E-state index contributed by atoms with van der Waals surface area (Å²) in [6.45, 7) is 2.74. The Hall–Kier alpha value is -1.22. The number of hydrogen-bond acceptors (Lipinski definition) is 4. The van der Waals surface area contributed by atoms with Crippen molar-refractivity contribution in [3.63, 3.8) is 0 Å². The average Bonchev–Trinajstić information content (AvgIpc) is 3.00. The van der Waals surface area contributed by atoms with Crippen molar-refractivity contribution in [1.82, 2.24) is 15.5 Å². The Balaban J connectivity index is 0.00000288. The van der Waals surface area contributed by atoms with Crippen LogP contribution >= 0.6 is 24.0 Å². The number of rotatable bonds is 6. The molecule has 0 radical (unpaired) electrons. The molecule has 1 aliphatic heterocycles. The van der Waals surface area contributed by atoms with Gasteiger partial charge in [0.1, 0.15) is 11.5 Å². The van der Waals surface area contributed by atoms with Crippen LogP contribution in [0.4, 0.5) is 0 Å². The summed E-state index contributed by atoms with van der Waals surface area (Å²) in [7, 11) is 7.29. The van der Waals surface area contributed by atoms with Crippen LogP contribution in [0, 0.1) is 0 Å². The summed E-state index contributed by atoms with van der Waals surface area (Å²) in [5.74, 6) is 2.41. The summed E-state index contributed by atoms with van der Waals surface area (Å²) < 4.78 is 10.6. The number of likely N-dealkylation sites (N-methyl/N-ethyl adjacent to an activating group) is 1. The molecule has 24 heavy (non-hydrogen) atoms. The van der Waals surface area contributed by atoms with Gasteiger partial charge in [-0.25, -0.2) is 0 Å². The van der Waals surface area contributed by atoms with E-state index in [2.05, 4.69) is 27.6 Å². The van der Waals surface area contributed by atoms with E-state index in [4.69, 9.17) is 9.47 Å². The van der Waals surface area contributed by atoms with Crippen molar-refractivity contribution in [2.24, 2.45) is 4.99 Å². The molecule has 1 atom stereocenters. The molecule has 1 aliphatic rings. The minimum Gasteiger partial charge on any atom is -0.497 e. The van der Waals surface area contributed by atoms with Crippen LogP contribution in [0.3, 0.4) is 0 Å². The minimum atomic E-state index is 0. The molecule has 0 aliphatic carbocycles. The molecule has 0 saturated carbocycles. The molecule has 0 amide bonds. The molecule has 1 heterocycles. The van der Waals surface area contributed by atoms with Gasteiger partial charge >= 0.3 is 0 Å². The molecule has 1 aromatic carbocycles. The number of methoxy groups -OCH3 is 2. The highest BCUT2D eigenvalue weighted by Crippen LogP contribution is 2.24. The van der Waals surface area contributed by atoms with Gasteiger partial charge in [0.2, 0.25) is 0 Å². The molecule has 1 aromatic rings. The molecule has 1 saturated heterocycles. The van der Waals surface area contributed by atoms with Gasteiger partial charge in [0, 0.05) is 37.8 Å². The predicted molar refractivity (Wildman–Crippen MR) is 109 cm³/mol. The van der Waals surface area contributed by atoms with Crippen molar-refractivity contribution in [2.45, 2.75) is 25.4 Å². The van der Waals surface area contributed by atoms with Gasteiger partial charge in [-0.15, -0.1) is 24.0 Å². The highest BCUT2D eigenvalue weighted by molar-refractivity contribution is 14.0. The Morgan fingerprint density at radius 2 is 2.08 bits per heavy atom. The van der Waals surface area contributed by atoms with Crippen molar-refractivity contribution in [3.8, 4) is 11.5 Å². The third kappa shape index (κ3) is 5.70. The van der Waals surface area contributed by atoms with E-state index in [0.29, 0.717) is 12.6 Å². The third-order valence-electron chi connectivity index (χ3n) is 4.34. The van der Waals surface area contributed by atoms with Gasteiger partial charge in [-0.3, -0.25) is 4.99 Å². The molecule has 1 fully saturated rings. The first-order chi connectivity index (χ1) is 11.2. The van der Waals surface area contributed by atoms with Crippen LogP contribution in [0.25, 0.3) is 0 Å². The second-order valence-corrected chi connectivity index (χ2v) is 5.76. The zero-order valence-corrected chi connectivity index (χ0v) is 17.3. The first-order valence-corrected chi connectivity index (χ1v) is 8.03. The Morgan fingerprint density at radius 3 is 2.67 bits per heavy atom. The fourth-order valence-electron chi connectivity index (χ4n) is 2.85. The molecular formula is C17H29IN4O2. The molecule has 6 nitrogen and oxygen atoms in total. The smallest absolute Gasteiger partial charge is 0.191 e. The van der Waals surface area contributed by atoms with Gasteiger partial charge in [0.05, 0.1) is 14.2 Å². The van der Waals surface area contributed by atoms with Gasteiger partial charge in [-0.2, -0.15) is 0 Å². The zero-order valence-electron chi connectivity index (χ0n) is 15.0. The lowest BCUT2D eigenvalue weighted by atomic mass is 10.2. The number of aliphatic imine (C=N–C) groups is 1. The molecule has 0 aromatic heterocycles. The number of ether oxygens (including phenoxy) is 2. The highest BCUT2D eigenvalue weighted by Gasteiger charge is 2.20. The van der Waals surface area contributed by atoms with Crippen LogP contribution in [0.1, 0.15) is 18.4 Å². The lowest BCUT2D eigenvalue weighted by Gasteiger charge is -2.21. The fraction of sp³-hybridized carbons (Fsp3) is 0.588. The maximum Gasteiger partial charge on any atom is 0.191 e. The Labute approximate surface area is 162 Å². The number of guanidine groups is 1. The average molecular weight is 448 g/mol. The monoisotopic (exact) mass is 448 g/mol. The highest BCUT2D eigenvalue weighted by atomic mass is 127. The van der Waals surface area contributed by atoms with E-state index in [0.717, 1.165) is 29.6 Å². The van der Waals surface area contributed by atoms with E-state index in [1.165, 1.54) is 19.4 Å². The van der Waals surface area contributed by atoms with E-state index in [1.807, 2.05) is 18.2 Å². The molecule has 2 rings (SSSR count). The van der Waals surface area contributed by atoms with Crippen molar-refractivity contribution >= 4 is 29.9 Å². The van der Waals surface area contributed by atoms with Gasteiger partial charge in [0.25, 0.3) is 0 Å². The molecule has 136 valence electrons. The van der Waals surface area contributed by atoms with Crippen molar-refractivity contribution in [1.29, 1.82) is 0 Å². The maximum atomic E-state index is 5.42. The maximum absolute atomic E-state index is 5.42. The van der Waals surface area contributed by atoms with Crippen LogP contribution in [0.2, 0.25) is 0 Å². The number of nitrogens with one attached hydrogen (secondary N) is 2. The molecule has 0 bridgehead atoms. The van der Waals surface area contributed by atoms with Crippen LogP contribution in [-0.4, -0.2) is 58.3 Å². The summed E-state index contributed by atoms with van der Waals surface area (Å²) in [6, 6.07) is 6.41. The summed E-state index contributed by atoms with van der Waals surface area (Å²) in [5.41, 5.74) is 1.06. The largest absolute Gasteiger partial charge is 0.497 e. The first-order valence-electron chi connectivity index (χ1n) is 8.03. The number of likely N-dealkylation sites (tertiary alicyclic amines) is 1. The summed E-state index contributed by atoms with van der Waals surface area (Å²) >= 11 is 0. The van der Waals surface area contributed by atoms with E-state index < -0.39 is 0 Å². The summed E-state index contributed by atoms with van der Waals surface area (Å²) in [5, 5.41) is 6.74. The molecule has 1 unspecified atom stereocenters. The van der Waals surface area contributed by atoms with Crippen LogP contribution < -0.4 is 20.1 Å². The van der Waals surface area contributed by atoms with E-state index in [1.54, 1.807) is 21.3 Å². The Morgan fingerprint density at radius 1 is 1.29 bits per heavy atom. The van der Waals surface area contributed by atoms with Gasteiger partial charge in [-0.1, -0.05) is 0 Å². The van der Waals surface area contributed by atoms with Crippen molar-refractivity contribution in [2.75, 3.05) is 41.4 Å². The topological polar surface area (TPSA) is 58.1 Å². The molecular weight excluding hydrogens is 419 g/mol. The second kappa shape index (κ2) is 10.6. The number of nitrogens with zero attached hydrogens (tertiary/aromatic N) is 2. The fourth-order valence-corrected chi connectivity index (χ4v) is 2.85. The normalized spacial score (nSPS) is 18.0. The first kappa shape index (κ1) is 20.8. The quantitative estimate of drug-likeness (QED) is 0.397. The predicted octanol–water partition coefficient (Wildman–Crippen LogP) is 2.08. The van der Waals surface area contributed by atoms with Crippen LogP contribution in [-0.2, 0) is 6.54 Å². The van der Waals surface area contributed by atoms with Crippen molar-refractivity contribution in [3.05, 3.63) is 23.8 Å². The van der Waals surface area contributed by atoms with E-state index in [-0.39, 0.29) is 24.0 Å². The lowest BCUT2D eigenvalue weighted by Crippen LogP contribution is -2.43. The van der Waals surface area contributed by atoms with E-state index >= 15 is 0 Å². The number of halogens is 1. The molecule has 0 spiro atoms. The van der Waals surface area contributed by atoms with Crippen LogP contribution in [0.5, 0.6) is 11.5 Å². The molecule has 7 heteroatoms. The third-order valence-corrected chi connectivity index (χ3v) is 4.34. The van der Waals surface area contributed by atoms with Gasteiger partial charge < -0.3 is 25.0 Å². The standard InChI is InChI=1S/C17H28N4O2.HI/c1-18-17(20-12-14-6-5-9-21(14)2)19-11-13-7-8-15(22-3)10-16(13)23-4;/h7-8,10,14H,5-6,9,11-12H2,1-4H3,(H2,18,19,20);1H. The van der Waals surface area contributed by atoms with Gasteiger partial charge in [-0.05, 0) is 38.6 Å². The Kier molecular flexibility index (Phi) is 9.20. The van der Waals surface area contributed by atoms with Gasteiger partial charge in [0.15, 0.2) is 5.96 Å². The lowest BCUT2D eigenvalue weighted by molar-refractivity contribution is 0.309. The SMILES string of the molecule is CN=C(NCc1ccc(OC)cc1OC)NCC1CCCN1C.I. The van der Waals surface area contributed by atoms with Crippen LogP contribution in [0.15, 0.2) is 23.2 Å². The number of benzene rings is 1. The molecule has 2 N–H and O–H groups in total. The summed E-state index contributed by atoms with van der Waals surface area (Å²) in [4.78, 5) is 6.68.